The van der Waals surface area contributed by atoms with Gasteiger partial charge in [0, 0.05) is 25.8 Å². The minimum absolute atomic E-state index is 0.0455. The quantitative estimate of drug-likeness (QED) is 0.758. The summed E-state index contributed by atoms with van der Waals surface area (Å²) in [7, 11) is 3.27. The van der Waals surface area contributed by atoms with Gasteiger partial charge in [-0.1, -0.05) is 12.1 Å². The second-order valence-corrected chi connectivity index (χ2v) is 4.82. The van der Waals surface area contributed by atoms with Gasteiger partial charge in [-0.25, -0.2) is 8.78 Å². The van der Waals surface area contributed by atoms with Gasteiger partial charge in [-0.2, -0.15) is 0 Å². The van der Waals surface area contributed by atoms with Gasteiger partial charge in [-0.05, 0) is 19.5 Å². The van der Waals surface area contributed by atoms with Crippen molar-refractivity contribution in [1.82, 2.24) is 4.90 Å². The van der Waals surface area contributed by atoms with Crippen LogP contribution in [0.3, 0.4) is 0 Å². The molecule has 0 fully saturated rings. The summed E-state index contributed by atoms with van der Waals surface area (Å²) in [6.07, 6.45) is -1.45. The van der Waals surface area contributed by atoms with E-state index in [2.05, 4.69) is 0 Å². The smallest absolute Gasteiger partial charge is 0.164 e. The summed E-state index contributed by atoms with van der Waals surface area (Å²) < 4.78 is 31.3. The molecule has 0 amide bonds. The molecular weight excluding hydrogens is 268 g/mol. The first-order valence-electron chi connectivity index (χ1n) is 6.43. The molecule has 1 rings (SSSR count). The first kappa shape index (κ1) is 17.0. The van der Waals surface area contributed by atoms with E-state index in [9.17, 15) is 19.0 Å². The lowest BCUT2D eigenvalue weighted by Gasteiger charge is -2.21. The summed E-state index contributed by atoms with van der Waals surface area (Å²) in [5.74, 6) is -1.98. The second-order valence-electron chi connectivity index (χ2n) is 4.82. The molecule has 0 radical (unpaired) electrons. The lowest BCUT2D eigenvalue weighted by atomic mass is 10.1. The van der Waals surface area contributed by atoms with Crippen LogP contribution >= 0.6 is 0 Å². The fourth-order valence-corrected chi connectivity index (χ4v) is 1.97. The van der Waals surface area contributed by atoms with E-state index in [1.54, 1.807) is 11.9 Å². The Labute approximate surface area is 117 Å². The molecular formula is C14H21F2NO3. The summed E-state index contributed by atoms with van der Waals surface area (Å²) in [5.41, 5.74) is -0.0455. The van der Waals surface area contributed by atoms with Crippen LogP contribution in [0.1, 0.15) is 18.1 Å². The van der Waals surface area contributed by atoms with E-state index < -0.39 is 23.8 Å². The maximum absolute atomic E-state index is 13.5. The molecule has 0 aliphatic carbocycles. The Morgan fingerprint density at radius 1 is 1.30 bits per heavy atom. The van der Waals surface area contributed by atoms with Gasteiger partial charge >= 0.3 is 0 Å². The molecule has 2 N–H and O–H groups in total. The van der Waals surface area contributed by atoms with Gasteiger partial charge in [0.2, 0.25) is 0 Å². The lowest BCUT2D eigenvalue weighted by molar-refractivity contribution is 0.0397. The Morgan fingerprint density at radius 3 is 2.65 bits per heavy atom. The van der Waals surface area contributed by atoms with Crippen LogP contribution in [0.2, 0.25) is 0 Å². The van der Waals surface area contributed by atoms with Crippen molar-refractivity contribution >= 4 is 0 Å². The summed E-state index contributed by atoms with van der Waals surface area (Å²) in [6, 6.07) is 3.74. The number of benzene rings is 1. The van der Waals surface area contributed by atoms with Crippen molar-refractivity contribution in [3.05, 3.63) is 35.4 Å². The molecule has 0 aliphatic heterocycles. The fraction of sp³-hybridized carbons (Fsp3) is 0.571. The van der Waals surface area contributed by atoms with Crippen LogP contribution in [-0.2, 0) is 4.74 Å². The maximum atomic E-state index is 13.5. The zero-order valence-corrected chi connectivity index (χ0v) is 11.7. The molecule has 0 bridgehead atoms. The van der Waals surface area contributed by atoms with E-state index in [1.165, 1.54) is 19.2 Å². The third kappa shape index (κ3) is 5.13. The van der Waals surface area contributed by atoms with Crippen LogP contribution in [0.25, 0.3) is 0 Å². The number of aliphatic hydroxyl groups is 2. The van der Waals surface area contributed by atoms with Crippen LogP contribution in [0, 0.1) is 11.6 Å². The predicted molar refractivity (Wildman–Crippen MR) is 71.3 cm³/mol. The third-order valence-electron chi connectivity index (χ3n) is 3.01. The van der Waals surface area contributed by atoms with Crippen molar-refractivity contribution in [2.75, 3.05) is 33.9 Å². The first-order valence-corrected chi connectivity index (χ1v) is 6.43. The molecule has 20 heavy (non-hydrogen) atoms. The van der Waals surface area contributed by atoms with Crippen LogP contribution in [0.15, 0.2) is 18.2 Å². The van der Waals surface area contributed by atoms with E-state index in [4.69, 9.17) is 4.74 Å². The van der Waals surface area contributed by atoms with Gasteiger partial charge in [0.05, 0.1) is 18.8 Å². The Hall–Kier alpha value is -1.08. The van der Waals surface area contributed by atoms with Crippen molar-refractivity contribution < 1.29 is 23.7 Å². The molecule has 0 saturated heterocycles. The summed E-state index contributed by atoms with van der Waals surface area (Å²) in [6.45, 7) is 1.05. The highest BCUT2D eigenvalue weighted by Crippen LogP contribution is 2.21. The molecule has 1 aromatic carbocycles. The number of nitrogens with zero attached hydrogens (tertiary/aromatic N) is 1. The van der Waals surface area contributed by atoms with Gasteiger partial charge in [0.1, 0.15) is 0 Å². The Balaban J connectivity index is 2.46. The standard InChI is InChI=1S/C14H21F2NO3/c1-17(8-10(18)9-20-2)7-6-13(19)11-4-3-5-12(15)14(11)16/h3-5,10,13,18-19H,6-9H2,1-2H3. The van der Waals surface area contributed by atoms with Gasteiger partial charge in [0.15, 0.2) is 11.6 Å². The summed E-state index contributed by atoms with van der Waals surface area (Å²) in [4.78, 5) is 1.80. The molecule has 1 aromatic rings. The molecule has 114 valence electrons. The zero-order chi connectivity index (χ0) is 15.1. The average Bonchev–Trinajstić information content (AvgIpc) is 2.39. The molecule has 4 nitrogen and oxygen atoms in total. The molecule has 0 aliphatic rings. The number of ether oxygens (including phenoxy) is 1. The summed E-state index contributed by atoms with van der Waals surface area (Å²) in [5, 5.41) is 19.4. The lowest BCUT2D eigenvalue weighted by Crippen LogP contribution is -2.33. The van der Waals surface area contributed by atoms with Crippen molar-refractivity contribution in [1.29, 1.82) is 0 Å². The second kappa shape index (κ2) is 8.26. The Morgan fingerprint density at radius 2 is 2.00 bits per heavy atom. The molecule has 0 spiro atoms. The highest BCUT2D eigenvalue weighted by Gasteiger charge is 2.17. The normalized spacial score (nSPS) is 14.6. The maximum Gasteiger partial charge on any atom is 0.164 e. The van der Waals surface area contributed by atoms with Crippen molar-refractivity contribution in [2.24, 2.45) is 0 Å². The number of hydrogen-bond acceptors (Lipinski definition) is 4. The van der Waals surface area contributed by atoms with Crippen molar-refractivity contribution in [3.63, 3.8) is 0 Å². The van der Waals surface area contributed by atoms with Crippen LogP contribution in [0.5, 0.6) is 0 Å². The number of methoxy groups -OCH3 is 1. The number of likely N-dealkylation sites (N-methyl/N-ethyl adjacent to an activating group) is 1. The van der Waals surface area contributed by atoms with Crippen LogP contribution in [-0.4, -0.2) is 55.1 Å². The fourth-order valence-electron chi connectivity index (χ4n) is 1.97. The summed E-state index contributed by atoms with van der Waals surface area (Å²) >= 11 is 0. The van der Waals surface area contributed by atoms with Gasteiger partial charge in [-0.3, -0.25) is 0 Å². The van der Waals surface area contributed by atoms with E-state index in [0.717, 1.165) is 6.07 Å². The zero-order valence-electron chi connectivity index (χ0n) is 11.7. The van der Waals surface area contributed by atoms with Gasteiger partial charge < -0.3 is 19.8 Å². The van der Waals surface area contributed by atoms with Crippen LogP contribution in [0.4, 0.5) is 8.78 Å². The number of halogens is 2. The first-order chi connectivity index (χ1) is 9.45. The molecule has 2 atom stereocenters. The molecule has 0 heterocycles. The minimum atomic E-state index is -1.08. The number of rotatable bonds is 8. The number of hydrogen-bond donors (Lipinski definition) is 2. The third-order valence-corrected chi connectivity index (χ3v) is 3.01. The van der Waals surface area contributed by atoms with Crippen molar-refractivity contribution in [3.8, 4) is 0 Å². The molecule has 6 heteroatoms. The van der Waals surface area contributed by atoms with E-state index >= 15 is 0 Å². The average molecular weight is 289 g/mol. The monoisotopic (exact) mass is 289 g/mol. The van der Waals surface area contributed by atoms with Gasteiger partial charge in [-0.15, -0.1) is 0 Å². The topological polar surface area (TPSA) is 52.9 Å². The minimum Gasteiger partial charge on any atom is -0.389 e. The van der Waals surface area contributed by atoms with Crippen LogP contribution < -0.4 is 0 Å². The van der Waals surface area contributed by atoms with E-state index in [1.807, 2.05) is 0 Å². The van der Waals surface area contributed by atoms with Crippen molar-refractivity contribution in [2.45, 2.75) is 18.6 Å². The Kier molecular flexibility index (Phi) is 7.01. The largest absolute Gasteiger partial charge is 0.389 e. The molecule has 0 aromatic heterocycles. The van der Waals surface area contributed by atoms with E-state index in [0.29, 0.717) is 13.1 Å². The molecule has 0 saturated carbocycles. The number of aliphatic hydroxyl groups excluding tert-OH is 2. The Bertz CT molecular complexity index is 417. The highest BCUT2D eigenvalue weighted by atomic mass is 19.2. The van der Waals surface area contributed by atoms with E-state index in [-0.39, 0.29) is 18.6 Å². The predicted octanol–water partition coefficient (Wildman–Crippen LogP) is 1.33. The van der Waals surface area contributed by atoms with Gasteiger partial charge in [0.25, 0.3) is 0 Å². The molecule has 2 unspecified atom stereocenters. The highest BCUT2D eigenvalue weighted by molar-refractivity contribution is 5.21. The SMILES string of the molecule is COCC(O)CN(C)CCC(O)c1cccc(F)c1F.